The Morgan fingerprint density at radius 1 is 1.56 bits per heavy atom. The van der Waals surface area contributed by atoms with Crippen LogP contribution in [0.25, 0.3) is 0 Å². The van der Waals surface area contributed by atoms with Gasteiger partial charge in [0.25, 0.3) is 0 Å². The van der Waals surface area contributed by atoms with Gasteiger partial charge in [-0.05, 0) is 53.4 Å². The van der Waals surface area contributed by atoms with E-state index in [1.165, 1.54) is 0 Å². The molecule has 0 saturated heterocycles. The fourth-order valence-electron chi connectivity index (χ4n) is 2.32. The van der Waals surface area contributed by atoms with Gasteiger partial charge < -0.3 is 15.0 Å². The highest BCUT2D eigenvalue weighted by Gasteiger charge is 2.37. The molecule has 2 unspecified atom stereocenters. The molecule has 3 nitrogen and oxygen atoms in total. The van der Waals surface area contributed by atoms with Crippen molar-refractivity contribution in [2.75, 3.05) is 27.7 Å². The molecular formula is C13H26N2O. The molecule has 1 N–H and O–H groups in total. The van der Waals surface area contributed by atoms with E-state index in [1.54, 1.807) is 0 Å². The lowest BCUT2D eigenvalue weighted by atomic mass is 9.86. The van der Waals surface area contributed by atoms with Gasteiger partial charge in [0.1, 0.15) is 5.76 Å². The van der Waals surface area contributed by atoms with E-state index in [1.807, 2.05) is 7.05 Å². The SMILES string of the molecule is CCC(C)(C(NC)C1=CCCCO1)N(C)C. The number of nitrogens with zero attached hydrogens (tertiary/aromatic N) is 1. The highest BCUT2D eigenvalue weighted by Crippen LogP contribution is 2.28. The molecule has 3 heteroatoms. The molecule has 1 rings (SSSR count). The van der Waals surface area contributed by atoms with Crippen LogP contribution >= 0.6 is 0 Å². The van der Waals surface area contributed by atoms with Gasteiger partial charge in [0, 0.05) is 5.54 Å². The molecule has 0 bridgehead atoms. The smallest absolute Gasteiger partial charge is 0.111 e. The van der Waals surface area contributed by atoms with Gasteiger partial charge in [0.2, 0.25) is 0 Å². The molecule has 1 heterocycles. The largest absolute Gasteiger partial charge is 0.497 e. The molecule has 0 fully saturated rings. The molecule has 94 valence electrons. The van der Waals surface area contributed by atoms with E-state index in [0.29, 0.717) is 0 Å². The highest BCUT2D eigenvalue weighted by molar-refractivity contribution is 5.14. The molecule has 2 atom stereocenters. The Hall–Kier alpha value is -0.540. The zero-order chi connectivity index (χ0) is 12.2. The molecule has 1 aliphatic heterocycles. The summed E-state index contributed by atoms with van der Waals surface area (Å²) < 4.78 is 5.80. The van der Waals surface area contributed by atoms with Gasteiger partial charge >= 0.3 is 0 Å². The monoisotopic (exact) mass is 226 g/mol. The second-order valence-electron chi connectivity index (χ2n) is 4.92. The summed E-state index contributed by atoms with van der Waals surface area (Å²) >= 11 is 0. The summed E-state index contributed by atoms with van der Waals surface area (Å²) in [4.78, 5) is 2.28. The van der Waals surface area contributed by atoms with Crippen LogP contribution in [-0.4, -0.2) is 44.2 Å². The van der Waals surface area contributed by atoms with Gasteiger partial charge in [-0.25, -0.2) is 0 Å². The zero-order valence-electron chi connectivity index (χ0n) is 11.3. The lowest BCUT2D eigenvalue weighted by molar-refractivity contribution is 0.0800. The molecule has 0 aromatic rings. The molecule has 0 saturated carbocycles. The number of ether oxygens (including phenoxy) is 1. The first kappa shape index (κ1) is 13.5. The lowest BCUT2D eigenvalue weighted by Gasteiger charge is -2.43. The van der Waals surface area contributed by atoms with Gasteiger partial charge in [-0.2, -0.15) is 0 Å². The molecule has 0 radical (unpaired) electrons. The van der Waals surface area contributed by atoms with Crippen molar-refractivity contribution in [3.05, 3.63) is 11.8 Å². The lowest BCUT2D eigenvalue weighted by Crippen LogP contribution is -2.57. The maximum Gasteiger partial charge on any atom is 0.111 e. The second kappa shape index (κ2) is 5.69. The van der Waals surface area contributed by atoms with Crippen molar-refractivity contribution in [1.82, 2.24) is 10.2 Å². The van der Waals surface area contributed by atoms with E-state index < -0.39 is 0 Å². The van der Waals surface area contributed by atoms with E-state index in [0.717, 1.165) is 31.6 Å². The van der Waals surface area contributed by atoms with Crippen molar-refractivity contribution in [3.63, 3.8) is 0 Å². The minimum Gasteiger partial charge on any atom is -0.497 e. The fraction of sp³-hybridized carbons (Fsp3) is 0.846. The Morgan fingerprint density at radius 3 is 2.62 bits per heavy atom. The van der Waals surface area contributed by atoms with Crippen LogP contribution in [0.5, 0.6) is 0 Å². The maximum absolute atomic E-state index is 5.80. The number of hydrogen-bond acceptors (Lipinski definition) is 3. The molecule has 0 aromatic carbocycles. The standard InChI is InChI=1S/C13H26N2O/c1-6-13(2,15(4)5)12(14-3)11-9-7-8-10-16-11/h9,12,14H,6-8,10H2,1-5H3. The van der Waals surface area contributed by atoms with E-state index in [9.17, 15) is 0 Å². The molecular weight excluding hydrogens is 200 g/mol. The number of allylic oxidation sites excluding steroid dienone is 1. The first-order valence-corrected chi connectivity index (χ1v) is 6.23. The van der Waals surface area contributed by atoms with Crippen LogP contribution in [0.3, 0.4) is 0 Å². The van der Waals surface area contributed by atoms with Gasteiger partial charge in [-0.1, -0.05) is 6.92 Å². The minimum absolute atomic E-state index is 0.0952. The van der Waals surface area contributed by atoms with Crippen LogP contribution in [0.4, 0.5) is 0 Å². The van der Waals surface area contributed by atoms with Crippen LogP contribution in [0.15, 0.2) is 11.8 Å². The maximum atomic E-state index is 5.80. The molecule has 16 heavy (non-hydrogen) atoms. The van der Waals surface area contributed by atoms with Crippen molar-refractivity contribution in [3.8, 4) is 0 Å². The Bertz CT molecular complexity index is 250. The number of nitrogens with one attached hydrogen (secondary N) is 1. The summed E-state index contributed by atoms with van der Waals surface area (Å²) in [5, 5.41) is 3.41. The third-order valence-electron chi connectivity index (χ3n) is 3.90. The Kier molecular flexibility index (Phi) is 4.81. The van der Waals surface area contributed by atoms with Crippen LogP contribution in [-0.2, 0) is 4.74 Å². The normalized spacial score (nSPS) is 22.2. The summed E-state index contributed by atoms with van der Waals surface area (Å²) in [7, 11) is 6.29. The summed E-state index contributed by atoms with van der Waals surface area (Å²) in [6, 6.07) is 0.271. The Balaban J connectivity index is 2.90. The van der Waals surface area contributed by atoms with Crippen molar-refractivity contribution in [1.29, 1.82) is 0 Å². The van der Waals surface area contributed by atoms with Crippen molar-refractivity contribution in [2.24, 2.45) is 0 Å². The zero-order valence-corrected chi connectivity index (χ0v) is 11.3. The van der Waals surface area contributed by atoms with Crippen LogP contribution in [0, 0.1) is 0 Å². The van der Waals surface area contributed by atoms with Crippen molar-refractivity contribution < 1.29 is 4.74 Å². The summed E-state index contributed by atoms with van der Waals surface area (Å²) in [5.74, 6) is 1.12. The third-order valence-corrected chi connectivity index (χ3v) is 3.90. The average molecular weight is 226 g/mol. The Labute approximate surface area is 99.8 Å². The first-order chi connectivity index (χ1) is 7.56. The second-order valence-corrected chi connectivity index (χ2v) is 4.92. The molecule has 0 aliphatic carbocycles. The summed E-state index contributed by atoms with van der Waals surface area (Å²) in [6.45, 7) is 5.37. The van der Waals surface area contributed by atoms with Gasteiger partial charge in [0.15, 0.2) is 0 Å². The summed E-state index contributed by atoms with van der Waals surface area (Å²) in [5.41, 5.74) is 0.0952. The van der Waals surface area contributed by atoms with Crippen molar-refractivity contribution in [2.45, 2.75) is 44.7 Å². The average Bonchev–Trinajstić information content (AvgIpc) is 2.30. The number of hydrogen-bond donors (Lipinski definition) is 1. The first-order valence-electron chi connectivity index (χ1n) is 6.23. The third kappa shape index (κ3) is 2.58. The topological polar surface area (TPSA) is 24.5 Å². The molecule has 0 amide bonds. The van der Waals surface area contributed by atoms with Crippen LogP contribution in [0.1, 0.15) is 33.1 Å². The predicted molar refractivity (Wildman–Crippen MR) is 68.5 cm³/mol. The minimum atomic E-state index is 0.0952. The van der Waals surface area contributed by atoms with Gasteiger partial charge in [-0.15, -0.1) is 0 Å². The van der Waals surface area contributed by atoms with E-state index in [4.69, 9.17) is 4.74 Å². The molecule has 0 aromatic heterocycles. The van der Waals surface area contributed by atoms with Crippen molar-refractivity contribution >= 4 is 0 Å². The summed E-state index contributed by atoms with van der Waals surface area (Å²) in [6.07, 6.45) is 5.61. The molecule has 1 aliphatic rings. The van der Waals surface area contributed by atoms with E-state index in [2.05, 4.69) is 44.2 Å². The van der Waals surface area contributed by atoms with E-state index in [-0.39, 0.29) is 11.6 Å². The van der Waals surface area contributed by atoms with Crippen LogP contribution < -0.4 is 5.32 Å². The van der Waals surface area contributed by atoms with Crippen LogP contribution in [0.2, 0.25) is 0 Å². The number of rotatable bonds is 5. The van der Waals surface area contributed by atoms with Gasteiger partial charge in [-0.3, -0.25) is 0 Å². The highest BCUT2D eigenvalue weighted by atomic mass is 16.5. The quantitative estimate of drug-likeness (QED) is 0.776. The fourth-order valence-corrected chi connectivity index (χ4v) is 2.32. The van der Waals surface area contributed by atoms with Gasteiger partial charge in [0.05, 0.1) is 12.6 Å². The number of likely N-dealkylation sites (N-methyl/N-ethyl adjacent to an activating group) is 2. The Morgan fingerprint density at radius 2 is 2.25 bits per heavy atom. The predicted octanol–water partition coefficient (Wildman–Crippen LogP) is 2.00. The van der Waals surface area contributed by atoms with E-state index >= 15 is 0 Å². The molecule has 0 spiro atoms.